The molecule has 1 aliphatic heterocycles. The molecule has 0 N–H and O–H groups in total. The third-order valence-corrected chi connectivity index (χ3v) is 4.86. The minimum Gasteiger partial charge on any atom is -0.470 e. The summed E-state index contributed by atoms with van der Waals surface area (Å²) in [4.78, 5) is 14.0. The van der Waals surface area contributed by atoms with Gasteiger partial charge in [0.05, 0.1) is 5.92 Å². The monoisotopic (exact) mass is 337 g/mol. The van der Waals surface area contributed by atoms with Crippen LogP contribution in [-0.4, -0.2) is 23.6 Å². The van der Waals surface area contributed by atoms with Crippen molar-refractivity contribution < 1.29 is 9.53 Å². The summed E-state index contributed by atoms with van der Waals surface area (Å²) in [5.74, 6) is 1.00. The number of para-hydroxylation sites is 1. The van der Waals surface area contributed by atoms with Gasteiger partial charge < -0.3 is 9.64 Å². The molecule has 1 amide bonds. The van der Waals surface area contributed by atoms with Crippen molar-refractivity contribution in [3.05, 3.63) is 66.2 Å². The SMILES string of the molecule is CC1C(=O)N(CCCCCCc2ccccc2)C1Oc1ccccc1. The highest BCUT2D eigenvalue weighted by atomic mass is 16.5. The summed E-state index contributed by atoms with van der Waals surface area (Å²) in [5, 5.41) is 0. The van der Waals surface area contributed by atoms with Crippen LogP contribution in [0.2, 0.25) is 0 Å². The Bertz CT molecular complexity index is 656. The summed E-state index contributed by atoms with van der Waals surface area (Å²) in [6.07, 6.45) is 5.64. The topological polar surface area (TPSA) is 29.5 Å². The summed E-state index contributed by atoms with van der Waals surface area (Å²) in [7, 11) is 0. The highest BCUT2D eigenvalue weighted by Crippen LogP contribution is 2.29. The predicted octanol–water partition coefficient (Wildman–Crippen LogP) is 4.67. The summed E-state index contributed by atoms with van der Waals surface area (Å²) >= 11 is 0. The Kier molecular flexibility index (Phi) is 6.10. The standard InChI is InChI=1S/C22H27NO2/c1-18-21(24)23(22(18)25-20-15-9-5-10-16-20)17-11-3-2-6-12-19-13-7-4-8-14-19/h4-5,7-10,13-16,18,22H,2-3,6,11-12,17H2,1H3. The Morgan fingerprint density at radius 2 is 1.52 bits per heavy atom. The van der Waals surface area contributed by atoms with Crippen LogP contribution in [0.25, 0.3) is 0 Å². The zero-order valence-corrected chi connectivity index (χ0v) is 14.9. The summed E-state index contributed by atoms with van der Waals surface area (Å²) < 4.78 is 5.99. The zero-order chi connectivity index (χ0) is 17.5. The Morgan fingerprint density at radius 3 is 2.24 bits per heavy atom. The van der Waals surface area contributed by atoms with E-state index >= 15 is 0 Å². The minimum atomic E-state index is -0.112. The molecule has 1 fully saturated rings. The molecule has 132 valence electrons. The first-order valence-corrected chi connectivity index (χ1v) is 9.32. The van der Waals surface area contributed by atoms with Gasteiger partial charge in [0.25, 0.3) is 0 Å². The average Bonchev–Trinajstić information content (AvgIpc) is 2.67. The van der Waals surface area contributed by atoms with Gasteiger partial charge in [0.15, 0.2) is 6.23 Å². The van der Waals surface area contributed by atoms with Crippen LogP contribution in [0.3, 0.4) is 0 Å². The van der Waals surface area contributed by atoms with Gasteiger partial charge in [0.1, 0.15) is 5.75 Å². The molecule has 3 heteroatoms. The highest BCUT2D eigenvalue weighted by molar-refractivity contribution is 5.85. The molecule has 2 aromatic rings. The van der Waals surface area contributed by atoms with Gasteiger partial charge in [-0.25, -0.2) is 0 Å². The van der Waals surface area contributed by atoms with Gasteiger partial charge in [-0.2, -0.15) is 0 Å². The molecule has 0 aromatic heterocycles. The Hall–Kier alpha value is -2.29. The molecule has 1 aliphatic rings. The number of carbonyl (C=O) groups excluding carboxylic acids is 1. The fourth-order valence-corrected chi connectivity index (χ4v) is 3.35. The van der Waals surface area contributed by atoms with E-state index in [2.05, 4.69) is 30.3 Å². The van der Waals surface area contributed by atoms with Crippen LogP contribution in [-0.2, 0) is 11.2 Å². The quantitative estimate of drug-likeness (QED) is 0.491. The summed E-state index contributed by atoms with van der Waals surface area (Å²) in [6.45, 7) is 2.75. The van der Waals surface area contributed by atoms with Gasteiger partial charge in [0.2, 0.25) is 5.91 Å². The van der Waals surface area contributed by atoms with Crippen molar-refractivity contribution in [2.75, 3.05) is 6.54 Å². The fourth-order valence-electron chi connectivity index (χ4n) is 3.35. The summed E-state index contributed by atoms with van der Waals surface area (Å²) in [5.41, 5.74) is 1.41. The molecule has 0 saturated carbocycles. The number of hydrogen-bond acceptors (Lipinski definition) is 2. The first-order chi connectivity index (χ1) is 12.3. The van der Waals surface area contributed by atoms with E-state index < -0.39 is 0 Å². The lowest BCUT2D eigenvalue weighted by atomic mass is 9.97. The number of ether oxygens (including phenoxy) is 1. The van der Waals surface area contributed by atoms with E-state index in [1.807, 2.05) is 42.2 Å². The van der Waals surface area contributed by atoms with E-state index in [-0.39, 0.29) is 18.1 Å². The molecule has 1 saturated heterocycles. The number of amides is 1. The number of nitrogens with zero attached hydrogens (tertiary/aromatic N) is 1. The van der Waals surface area contributed by atoms with Crippen LogP contribution in [0.1, 0.15) is 38.2 Å². The lowest BCUT2D eigenvalue weighted by Crippen LogP contribution is -2.62. The fraction of sp³-hybridized carbons (Fsp3) is 0.409. The molecule has 2 atom stereocenters. The Morgan fingerprint density at radius 1 is 0.880 bits per heavy atom. The van der Waals surface area contributed by atoms with Crippen LogP contribution >= 0.6 is 0 Å². The molecular formula is C22H27NO2. The van der Waals surface area contributed by atoms with Crippen LogP contribution in [0.5, 0.6) is 5.75 Å². The van der Waals surface area contributed by atoms with Gasteiger partial charge in [0, 0.05) is 6.54 Å². The minimum absolute atomic E-state index is 0.0433. The molecule has 0 aliphatic carbocycles. The number of rotatable bonds is 9. The molecular weight excluding hydrogens is 310 g/mol. The Labute approximate surface area is 150 Å². The predicted molar refractivity (Wildman–Crippen MR) is 100 cm³/mol. The van der Waals surface area contributed by atoms with Crippen molar-refractivity contribution in [3.63, 3.8) is 0 Å². The van der Waals surface area contributed by atoms with E-state index in [1.54, 1.807) is 0 Å². The van der Waals surface area contributed by atoms with Gasteiger partial charge in [-0.15, -0.1) is 0 Å². The number of aryl methyl sites for hydroxylation is 1. The molecule has 2 unspecified atom stereocenters. The highest BCUT2D eigenvalue weighted by Gasteiger charge is 2.45. The normalized spacial score (nSPS) is 19.6. The van der Waals surface area contributed by atoms with Crippen molar-refractivity contribution >= 4 is 5.91 Å². The zero-order valence-electron chi connectivity index (χ0n) is 14.9. The maximum atomic E-state index is 12.1. The first kappa shape index (κ1) is 17.5. The number of hydrogen-bond donors (Lipinski definition) is 0. The van der Waals surface area contributed by atoms with E-state index in [0.29, 0.717) is 0 Å². The van der Waals surface area contributed by atoms with E-state index in [1.165, 1.54) is 18.4 Å². The van der Waals surface area contributed by atoms with E-state index in [9.17, 15) is 4.79 Å². The van der Waals surface area contributed by atoms with Crippen molar-refractivity contribution in [3.8, 4) is 5.75 Å². The van der Waals surface area contributed by atoms with E-state index in [4.69, 9.17) is 4.74 Å². The molecule has 0 bridgehead atoms. The lowest BCUT2D eigenvalue weighted by molar-refractivity contribution is -0.174. The van der Waals surface area contributed by atoms with Crippen molar-refractivity contribution in [2.45, 2.75) is 45.3 Å². The molecule has 1 heterocycles. The van der Waals surface area contributed by atoms with Gasteiger partial charge in [-0.1, -0.05) is 61.4 Å². The second kappa shape index (κ2) is 8.70. The second-order valence-corrected chi connectivity index (χ2v) is 6.79. The smallest absolute Gasteiger partial charge is 0.234 e. The maximum Gasteiger partial charge on any atom is 0.234 e. The number of β-lactam (4-membered cyclic amide) rings is 1. The lowest BCUT2D eigenvalue weighted by Gasteiger charge is -2.45. The number of likely N-dealkylation sites (tertiary alicyclic amines) is 1. The summed E-state index contributed by atoms with van der Waals surface area (Å²) in [6, 6.07) is 20.4. The Balaban J connectivity index is 1.36. The molecule has 2 aromatic carbocycles. The second-order valence-electron chi connectivity index (χ2n) is 6.79. The van der Waals surface area contributed by atoms with Crippen LogP contribution in [0, 0.1) is 5.92 Å². The maximum absolute atomic E-state index is 12.1. The van der Waals surface area contributed by atoms with Gasteiger partial charge >= 0.3 is 0 Å². The van der Waals surface area contributed by atoms with Crippen LogP contribution in [0.4, 0.5) is 0 Å². The third kappa shape index (κ3) is 4.62. The number of unbranched alkanes of at least 4 members (excludes halogenated alkanes) is 3. The largest absolute Gasteiger partial charge is 0.470 e. The first-order valence-electron chi connectivity index (χ1n) is 9.32. The van der Waals surface area contributed by atoms with Crippen molar-refractivity contribution in [1.29, 1.82) is 0 Å². The third-order valence-electron chi connectivity index (χ3n) is 4.86. The molecule has 0 spiro atoms. The van der Waals surface area contributed by atoms with Gasteiger partial charge in [-0.3, -0.25) is 4.79 Å². The van der Waals surface area contributed by atoms with Crippen LogP contribution < -0.4 is 4.74 Å². The van der Waals surface area contributed by atoms with E-state index in [0.717, 1.165) is 31.6 Å². The molecule has 3 nitrogen and oxygen atoms in total. The van der Waals surface area contributed by atoms with Crippen molar-refractivity contribution in [2.24, 2.45) is 5.92 Å². The molecule has 0 radical (unpaired) electrons. The van der Waals surface area contributed by atoms with Gasteiger partial charge in [-0.05, 0) is 43.9 Å². The molecule has 25 heavy (non-hydrogen) atoms. The molecule has 3 rings (SSSR count). The number of carbonyl (C=O) groups is 1. The average molecular weight is 337 g/mol. The number of benzene rings is 2. The van der Waals surface area contributed by atoms with Crippen LogP contribution in [0.15, 0.2) is 60.7 Å². The van der Waals surface area contributed by atoms with Crippen molar-refractivity contribution in [1.82, 2.24) is 4.90 Å².